The minimum absolute atomic E-state index is 0.0161. The molecule has 1 aliphatic rings. The van der Waals surface area contributed by atoms with E-state index in [1.54, 1.807) is 6.07 Å². The molecule has 1 aliphatic heterocycles. The summed E-state index contributed by atoms with van der Waals surface area (Å²) in [7, 11) is 0. The van der Waals surface area contributed by atoms with Crippen molar-refractivity contribution in [3.8, 4) is 11.5 Å². The lowest BCUT2D eigenvalue weighted by molar-refractivity contribution is 0.228. The Hall–Kier alpha value is -1.33. The van der Waals surface area contributed by atoms with Crippen molar-refractivity contribution in [1.29, 1.82) is 0 Å². The van der Waals surface area contributed by atoms with E-state index in [4.69, 9.17) is 15.2 Å². The van der Waals surface area contributed by atoms with E-state index < -0.39 is 0 Å². The molecule has 0 aromatic heterocycles. The maximum Gasteiger partial charge on any atom is 0.164 e. The van der Waals surface area contributed by atoms with Gasteiger partial charge in [-0.2, -0.15) is 0 Å². The SMILES string of the molecule is CCOc1cc(F)c(C(CCN)N2CCCC2)cc1OCC. The lowest BCUT2D eigenvalue weighted by Gasteiger charge is -2.28. The number of nitrogens with two attached hydrogens (primary N) is 1. The van der Waals surface area contributed by atoms with Crippen molar-refractivity contribution in [3.63, 3.8) is 0 Å². The van der Waals surface area contributed by atoms with Crippen molar-refractivity contribution in [3.05, 3.63) is 23.5 Å². The minimum atomic E-state index is -0.239. The van der Waals surface area contributed by atoms with Gasteiger partial charge in [-0.25, -0.2) is 4.39 Å². The number of rotatable bonds is 8. The topological polar surface area (TPSA) is 47.7 Å². The van der Waals surface area contributed by atoms with Crippen LogP contribution in [0, 0.1) is 5.82 Å². The molecule has 1 heterocycles. The maximum absolute atomic E-state index is 14.6. The van der Waals surface area contributed by atoms with Crippen molar-refractivity contribution in [1.82, 2.24) is 4.90 Å². The molecule has 0 aliphatic carbocycles. The second kappa shape index (κ2) is 8.34. The third-order valence-electron chi connectivity index (χ3n) is 4.04. The summed E-state index contributed by atoms with van der Waals surface area (Å²) in [5.74, 6) is 0.845. The number of likely N-dealkylation sites (tertiary alicyclic amines) is 1. The fourth-order valence-electron chi connectivity index (χ4n) is 3.09. The first-order chi connectivity index (χ1) is 10.7. The van der Waals surface area contributed by atoms with E-state index >= 15 is 0 Å². The lowest BCUT2D eigenvalue weighted by atomic mass is 10.0. The van der Waals surface area contributed by atoms with Gasteiger partial charge in [0.1, 0.15) is 5.82 Å². The second-order valence-electron chi connectivity index (χ2n) is 5.52. The molecule has 0 spiro atoms. The van der Waals surface area contributed by atoms with Crippen LogP contribution in [0.2, 0.25) is 0 Å². The van der Waals surface area contributed by atoms with Crippen molar-refractivity contribution < 1.29 is 13.9 Å². The van der Waals surface area contributed by atoms with Crippen LogP contribution in [0.4, 0.5) is 4.39 Å². The van der Waals surface area contributed by atoms with E-state index in [9.17, 15) is 4.39 Å². The van der Waals surface area contributed by atoms with Gasteiger partial charge in [-0.05, 0) is 58.8 Å². The molecule has 1 fully saturated rings. The number of benzene rings is 1. The number of hydrogen-bond acceptors (Lipinski definition) is 4. The molecule has 2 N–H and O–H groups in total. The van der Waals surface area contributed by atoms with Gasteiger partial charge >= 0.3 is 0 Å². The first-order valence-corrected chi connectivity index (χ1v) is 8.24. The molecule has 0 saturated carbocycles. The van der Waals surface area contributed by atoms with Crippen molar-refractivity contribution in [2.24, 2.45) is 5.73 Å². The molecule has 1 unspecified atom stereocenters. The number of hydrogen-bond donors (Lipinski definition) is 1. The molecule has 2 rings (SSSR count). The molecule has 22 heavy (non-hydrogen) atoms. The highest BCUT2D eigenvalue weighted by Gasteiger charge is 2.26. The minimum Gasteiger partial charge on any atom is -0.490 e. The van der Waals surface area contributed by atoms with Gasteiger partial charge in [0.25, 0.3) is 0 Å². The van der Waals surface area contributed by atoms with E-state index in [1.165, 1.54) is 6.07 Å². The smallest absolute Gasteiger partial charge is 0.164 e. The van der Waals surface area contributed by atoms with Crippen molar-refractivity contribution in [2.75, 3.05) is 32.8 Å². The van der Waals surface area contributed by atoms with Crippen LogP contribution in [0.1, 0.15) is 44.7 Å². The van der Waals surface area contributed by atoms with Crippen LogP contribution in [0.25, 0.3) is 0 Å². The van der Waals surface area contributed by atoms with Gasteiger partial charge in [-0.3, -0.25) is 4.90 Å². The van der Waals surface area contributed by atoms with Crippen LogP contribution in [-0.4, -0.2) is 37.7 Å². The highest BCUT2D eigenvalue weighted by Crippen LogP contribution is 2.37. The summed E-state index contributed by atoms with van der Waals surface area (Å²) < 4.78 is 25.7. The summed E-state index contributed by atoms with van der Waals surface area (Å²) in [6, 6.07) is 3.26. The van der Waals surface area contributed by atoms with E-state index in [-0.39, 0.29) is 11.9 Å². The lowest BCUT2D eigenvalue weighted by Crippen LogP contribution is -2.28. The van der Waals surface area contributed by atoms with Crippen molar-refractivity contribution >= 4 is 0 Å². The Bertz CT molecular complexity index is 476. The average molecular weight is 310 g/mol. The third kappa shape index (κ3) is 3.90. The Morgan fingerprint density at radius 2 is 1.73 bits per heavy atom. The summed E-state index contributed by atoms with van der Waals surface area (Å²) in [6.45, 7) is 7.34. The van der Waals surface area contributed by atoms with Gasteiger partial charge in [0.15, 0.2) is 11.5 Å². The second-order valence-corrected chi connectivity index (χ2v) is 5.52. The number of halogens is 1. The molecule has 1 saturated heterocycles. The fourth-order valence-corrected chi connectivity index (χ4v) is 3.09. The van der Waals surface area contributed by atoms with E-state index in [1.807, 2.05) is 13.8 Å². The Labute approximate surface area is 132 Å². The largest absolute Gasteiger partial charge is 0.490 e. The zero-order chi connectivity index (χ0) is 15.9. The van der Waals surface area contributed by atoms with E-state index in [0.29, 0.717) is 36.8 Å². The van der Waals surface area contributed by atoms with Crippen LogP contribution < -0.4 is 15.2 Å². The molecule has 124 valence electrons. The molecule has 1 aromatic carbocycles. The van der Waals surface area contributed by atoms with Gasteiger partial charge in [0, 0.05) is 17.7 Å². The summed E-state index contributed by atoms with van der Waals surface area (Å²) in [5.41, 5.74) is 6.42. The van der Waals surface area contributed by atoms with Crippen LogP contribution in [-0.2, 0) is 0 Å². The Morgan fingerprint density at radius 3 is 2.27 bits per heavy atom. The molecule has 1 aromatic rings. The predicted molar refractivity (Wildman–Crippen MR) is 86.0 cm³/mol. The Morgan fingerprint density at radius 1 is 1.14 bits per heavy atom. The Kier molecular flexibility index (Phi) is 6.46. The first kappa shape index (κ1) is 17.0. The quantitative estimate of drug-likeness (QED) is 0.801. The molecular formula is C17H27FN2O2. The highest BCUT2D eigenvalue weighted by molar-refractivity contribution is 5.45. The monoisotopic (exact) mass is 310 g/mol. The van der Waals surface area contributed by atoms with E-state index in [0.717, 1.165) is 32.4 Å². The summed E-state index contributed by atoms with van der Waals surface area (Å²) in [4.78, 5) is 2.32. The number of ether oxygens (including phenoxy) is 2. The van der Waals surface area contributed by atoms with E-state index in [2.05, 4.69) is 4.90 Å². The van der Waals surface area contributed by atoms with Crippen LogP contribution in [0.3, 0.4) is 0 Å². The van der Waals surface area contributed by atoms with Crippen LogP contribution >= 0.6 is 0 Å². The van der Waals surface area contributed by atoms with Gasteiger partial charge in [0.2, 0.25) is 0 Å². The number of nitrogens with zero attached hydrogens (tertiary/aromatic N) is 1. The summed E-state index contributed by atoms with van der Waals surface area (Å²) in [5, 5.41) is 0. The standard InChI is InChI=1S/C17H27FN2O2/c1-3-21-16-11-13(14(18)12-17(16)22-4-2)15(7-8-19)20-9-5-6-10-20/h11-12,15H,3-10,19H2,1-2H3. The fraction of sp³-hybridized carbons (Fsp3) is 0.647. The summed E-state index contributed by atoms with van der Waals surface area (Å²) >= 11 is 0. The van der Waals surface area contributed by atoms with Crippen LogP contribution in [0.5, 0.6) is 11.5 Å². The van der Waals surface area contributed by atoms with Crippen molar-refractivity contribution in [2.45, 2.75) is 39.2 Å². The molecule has 0 radical (unpaired) electrons. The zero-order valence-electron chi connectivity index (χ0n) is 13.6. The first-order valence-electron chi connectivity index (χ1n) is 8.24. The average Bonchev–Trinajstić information content (AvgIpc) is 3.02. The molecular weight excluding hydrogens is 283 g/mol. The Balaban J connectivity index is 2.35. The molecule has 1 atom stereocenters. The highest BCUT2D eigenvalue weighted by atomic mass is 19.1. The predicted octanol–water partition coefficient (Wildman–Crippen LogP) is 3.11. The molecule has 4 nitrogen and oxygen atoms in total. The normalized spacial score (nSPS) is 16.7. The van der Waals surface area contributed by atoms with Gasteiger partial charge < -0.3 is 15.2 Å². The van der Waals surface area contributed by atoms with Gasteiger partial charge in [-0.15, -0.1) is 0 Å². The molecule has 5 heteroatoms. The molecule has 0 bridgehead atoms. The van der Waals surface area contributed by atoms with Gasteiger partial charge in [-0.1, -0.05) is 0 Å². The van der Waals surface area contributed by atoms with Crippen LogP contribution in [0.15, 0.2) is 12.1 Å². The summed E-state index contributed by atoms with van der Waals surface area (Å²) in [6.07, 6.45) is 3.08. The third-order valence-corrected chi connectivity index (χ3v) is 4.04. The molecule has 0 amide bonds. The zero-order valence-corrected chi connectivity index (χ0v) is 13.6. The van der Waals surface area contributed by atoms with Gasteiger partial charge in [0.05, 0.1) is 13.2 Å². The maximum atomic E-state index is 14.6.